The molecule has 2 rings (SSSR count). The smallest absolute Gasteiger partial charge is 0.350 e. The van der Waals surface area contributed by atoms with Crippen molar-refractivity contribution in [2.75, 3.05) is 26.7 Å². The number of aliphatic hydroxyl groups is 1. The molecule has 1 N–H and O–H groups in total. The number of hydrogen-bond acceptors (Lipinski definition) is 11. The first kappa shape index (κ1) is 27.5. The van der Waals surface area contributed by atoms with Gasteiger partial charge in [0.05, 0.1) is 0 Å². The minimum Gasteiger partial charge on any atom is -0.459 e. The molecule has 11 heteroatoms. The minimum atomic E-state index is -2.45. The molecule has 190 valence electrons. The van der Waals surface area contributed by atoms with Crippen molar-refractivity contribution in [2.24, 2.45) is 5.92 Å². The van der Waals surface area contributed by atoms with Gasteiger partial charge in [0.25, 0.3) is 0 Å². The molecule has 0 aliphatic carbocycles. The van der Waals surface area contributed by atoms with Gasteiger partial charge < -0.3 is 29.0 Å². The van der Waals surface area contributed by atoms with Crippen LogP contribution in [0.1, 0.15) is 47.5 Å². The van der Waals surface area contributed by atoms with Gasteiger partial charge in [0.1, 0.15) is 12.7 Å². The van der Waals surface area contributed by atoms with Gasteiger partial charge >= 0.3 is 23.9 Å². The fourth-order valence-corrected chi connectivity index (χ4v) is 3.96. The third-order valence-corrected chi connectivity index (χ3v) is 6.33. The van der Waals surface area contributed by atoms with E-state index in [0.717, 1.165) is 13.8 Å². The van der Waals surface area contributed by atoms with Crippen molar-refractivity contribution in [3.05, 3.63) is 11.6 Å². The Balaban J connectivity index is 2.61. The van der Waals surface area contributed by atoms with Gasteiger partial charge in [-0.05, 0) is 27.3 Å². The molecule has 1 fully saturated rings. The Morgan fingerprint density at radius 3 is 2.44 bits per heavy atom. The Hall–Kier alpha value is -2.79. The zero-order valence-electron chi connectivity index (χ0n) is 20.4. The first-order valence-corrected chi connectivity index (χ1v) is 11.1. The van der Waals surface area contributed by atoms with E-state index in [1.165, 1.54) is 20.8 Å². The van der Waals surface area contributed by atoms with Crippen LogP contribution in [0.5, 0.6) is 0 Å². The normalized spacial score (nSPS) is 32.4. The summed E-state index contributed by atoms with van der Waals surface area (Å²) in [5.74, 6) is -5.25. The molecule has 0 amide bonds. The summed E-state index contributed by atoms with van der Waals surface area (Å²) in [6, 6.07) is 0. The predicted octanol–water partition coefficient (Wildman–Crippen LogP) is 0.317. The van der Waals surface area contributed by atoms with Gasteiger partial charge in [-0.1, -0.05) is 13.0 Å². The summed E-state index contributed by atoms with van der Waals surface area (Å²) in [4.78, 5) is 64.8. The van der Waals surface area contributed by atoms with E-state index < -0.39 is 72.0 Å². The number of ketones is 1. The van der Waals surface area contributed by atoms with Crippen molar-refractivity contribution in [1.29, 1.82) is 0 Å². The van der Waals surface area contributed by atoms with Crippen LogP contribution >= 0.6 is 0 Å². The molecule has 34 heavy (non-hydrogen) atoms. The van der Waals surface area contributed by atoms with Crippen LogP contribution in [0.2, 0.25) is 0 Å². The van der Waals surface area contributed by atoms with E-state index in [1.54, 1.807) is 13.1 Å². The Bertz CT molecular complexity index is 883. The van der Waals surface area contributed by atoms with E-state index in [0.29, 0.717) is 13.1 Å². The standard InChI is InChI=1S/C23H33NO10/c1-13-11-23(30,14(2)32-15(3)25)21(29)33-18-8-10-24(6)9-7-17(19(18)27)12-31-20(28)22(13,5)34-16(4)26/h7,13-14,18,30H,8-12H2,1-6H3. The van der Waals surface area contributed by atoms with Crippen LogP contribution in [0, 0.1) is 5.92 Å². The molecule has 1 saturated heterocycles. The van der Waals surface area contributed by atoms with Gasteiger partial charge in [-0.3, -0.25) is 14.4 Å². The summed E-state index contributed by atoms with van der Waals surface area (Å²) < 4.78 is 21.2. The quantitative estimate of drug-likeness (QED) is 0.437. The molecule has 2 heterocycles. The van der Waals surface area contributed by atoms with Crippen molar-refractivity contribution in [3.8, 4) is 0 Å². The van der Waals surface area contributed by atoms with Crippen molar-refractivity contribution < 1.29 is 48.0 Å². The Morgan fingerprint density at radius 2 is 1.85 bits per heavy atom. The molecular weight excluding hydrogens is 450 g/mol. The van der Waals surface area contributed by atoms with Crippen LogP contribution in [0.4, 0.5) is 0 Å². The maximum Gasteiger partial charge on any atom is 0.350 e. The average Bonchev–Trinajstić information content (AvgIpc) is 2.72. The Labute approximate surface area is 198 Å². The molecule has 5 unspecified atom stereocenters. The fraction of sp³-hybridized carbons (Fsp3) is 0.696. The highest BCUT2D eigenvalue weighted by molar-refractivity contribution is 6.01. The summed E-state index contributed by atoms with van der Waals surface area (Å²) >= 11 is 0. The number of nitrogens with zero attached hydrogens (tertiary/aromatic N) is 1. The number of likely N-dealkylation sites (N-methyl/N-ethyl adjacent to an activating group) is 1. The molecule has 0 aromatic carbocycles. The summed E-state index contributed by atoms with van der Waals surface area (Å²) in [7, 11) is 1.80. The summed E-state index contributed by atoms with van der Waals surface area (Å²) in [5.41, 5.74) is -4.27. The van der Waals surface area contributed by atoms with Gasteiger partial charge in [0.2, 0.25) is 11.4 Å². The number of cyclic esters (lactones) is 1. The minimum absolute atomic E-state index is 0.104. The Kier molecular flexibility index (Phi) is 8.59. The van der Waals surface area contributed by atoms with Crippen LogP contribution in [0.3, 0.4) is 0 Å². The number of carbonyl (C=O) groups excluding carboxylic acids is 5. The van der Waals surface area contributed by atoms with E-state index in [-0.39, 0.29) is 12.0 Å². The van der Waals surface area contributed by atoms with E-state index >= 15 is 0 Å². The number of hydrogen-bond donors (Lipinski definition) is 1. The highest BCUT2D eigenvalue weighted by atomic mass is 16.6. The number of Topliss-reactive ketones (excluding diaryl/α,β-unsaturated/α-hetero) is 1. The van der Waals surface area contributed by atoms with Crippen LogP contribution < -0.4 is 0 Å². The second-order valence-electron chi connectivity index (χ2n) is 9.10. The second-order valence-corrected chi connectivity index (χ2v) is 9.10. The lowest BCUT2D eigenvalue weighted by Gasteiger charge is -2.39. The molecule has 0 radical (unpaired) electrons. The first-order chi connectivity index (χ1) is 15.7. The third-order valence-electron chi connectivity index (χ3n) is 6.33. The SMILES string of the molecule is CC(=O)OC(C)C1(O)CC(C)C(C)(OC(C)=O)C(=O)OCC2=CCN(C)CCC(OC1=O)C2=O. The van der Waals surface area contributed by atoms with Crippen LogP contribution in [-0.4, -0.2) is 89.8 Å². The van der Waals surface area contributed by atoms with Gasteiger partial charge in [0, 0.05) is 44.8 Å². The zero-order valence-corrected chi connectivity index (χ0v) is 20.4. The molecule has 5 atom stereocenters. The average molecular weight is 484 g/mol. The monoisotopic (exact) mass is 483 g/mol. The largest absolute Gasteiger partial charge is 0.459 e. The maximum atomic E-state index is 13.3. The number of fused-ring (bicyclic) bond motifs is 2. The number of esters is 4. The van der Waals surface area contributed by atoms with E-state index in [4.69, 9.17) is 18.9 Å². The number of carbonyl (C=O) groups is 5. The Morgan fingerprint density at radius 1 is 1.21 bits per heavy atom. The van der Waals surface area contributed by atoms with Gasteiger partial charge in [-0.2, -0.15) is 0 Å². The maximum absolute atomic E-state index is 13.3. The van der Waals surface area contributed by atoms with Crippen molar-refractivity contribution in [1.82, 2.24) is 4.90 Å². The molecule has 2 bridgehead atoms. The van der Waals surface area contributed by atoms with E-state index in [2.05, 4.69) is 0 Å². The molecule has 0 spiro atoms. The summed E-state index contributed by atoms with van der Waals surface area (Å²) in [5, 5.41) is 11.4. The van der Waals surface area contributed by atoms with E-state index in [1.807, 2.05) is 4.90 Å². The molecule has 2 aliphatic rings. The first-order valence-electron chi connectivity index (χ1n) is 11.1. The number of ether oxygens (including phenoxy) is 4. The topological polar surface area (TPSA) is 146 Å². The molecule has 0 aromatic heterocycles. The molecule has 0 aromatic rings. The van der Waals surface area contributed by atoms with Crippen molar-refractivity contribution in [2.45, 2.75) is 70.9 Å². The fourth-order valence-electron chi connectivity index (χ4n) is 3.96. The van der Waals surface area contributed by atoms with Crippen LogP contribution in [-0.2, 0) is 42.9 Å². The molecule has 0 saturated carbocycles. The molecule has 11 nitrogen and oxygen atoms in total. The highest BCUT2D eigenvalue weighted by Crippen LogP contribution is 2.35. The second kappa shape index (κ2) is 10.6. The van der Waals surface area contributed by atoms with Crippen molar-refractivity contribution >= 4 is 29.7 Å². The third kappa shape index (κ3) is 6.01. The van der Waals surface area contributed by atoms with Gasteiger partial charge in [-0.15, -0.1) is 0 Å². The predicted molar refractivity (Wildman–Crippen MR) is 116 cm³/mol. The van der Waals surface area contributed by atoms with Gasteiger partial charge in [0.15, 0.2) is 11.7 Å². The summed E-state index contributed by atoms with van der Waals surface area (Å²) in [6.45, 7) is 6.68. The number of rotatable bonds is 3. The molecular formula is C23H33NO10. The lowest BCUT2D eigenvalue weighted by Crippen LogP contribution is -2.57. The van der Waals surface area contributed by atoms with Gasteiger partial charge in [-0.25, -0.2) is 9.59 Å². The molecule has 2 aliphatic heterocycles. The van der Waals surface area contributed by atoms with Crippen LogP contribution in [0.25, 0.3) is 0 Å². The highest BCUT2D eigenvalue weighted by Gasteiger charge is 2.54. The summed E-state index contributed by atoms with van der Waals surface area (Å²) in [6.07, 6.45) is -1.43. The van der Waals surface area contributed by atoms with Crippen LogP contribution in [0.15, 0.2) is 11.6 Å². The lowest BCUT2D eigenvalue weighted by atomic mass is 9.78. The van der Waals surface area contributed by atoms with Crippen molar-refractivity contribution in [3.63, 3.8) is 0 Å². The zero-order chi connectivity index (χ0) is 25.8. The lowest BCUT2D eigenvalue weighted by molar-refractivity contribution is -0.203. The van der Waals surface area contributed by atoms with E-state index in [9.17, 15) is 29.1 Å².